The van der Waals surface area contributed by atoms with E-state index in [1.165, 1.54) is 7.11 Å². The molecule has 0 bridgehead atoms. The first-order chi connectivity index (χ1) is 7.97. The highest BCUT2D eigenvalue weighted by Gasteiger charge is 2.27. The number of hydrogen-bond donors (Lipinski definition) is 3. The van der Waals surface area contributed by atoms with Gasteiger partial charge in [-0.3, -0.25) is 0 Å². The van der Waals surface area contributed by atoms with Crippen molar-refractivity contribution in [1.82, 2.24) is 14.8 Å². The Hall–Kier alpha value is -0.210. The number of hydrogen-bond acceptors (Lipinski definition) is 4. The van der Waals surface area contributed by atoms with Crippen molar-refractivity contribution in [3.8, 4) is 0 Å². The number of nitrogens with one attached hydrogen (secondary N) is 3. The fourth-order valence-electron chi connectivity index (χ4n) is 1.81. The van der Waals surface area contributed by atoms with Crippen LogP contribution in [0.4, 0.5) is 0 Å². The zero-order valence-corrected chi connectivity index (χ0v) is 11.4. The fraction of sp³-hybridized carbons (Fsp3) is 1.00. The van der Waals surface area contributed by atoms with Crippen molar-refractivity contribution in [2.75, 3.05) is 39.9 Å². The van der Waals surface area contributed by atoms with E-state index in [4.69, 9.17) is 4.74 Å². The van der Waals surface area contributed by atoms with Gasteiger partial charge in [0.15, 0.2) is 0 Å². The molecule has 0 aromatic rings. The Labute approximate surface area is 104 Å². The van der Waals surface area contributed by atoms with E-state index >= 15 is 0 Å². The molecule has 0 spiro atoms. The quantitative estimate of drug-likeness (QED) is 0.540. The van der Waals surface area contributed by atoms with E-state index < -0.39 is 10.2 Å². The Bertz CT molecular complexity index is 313. The second-order valence-electron chi connectivity index (χ2n) is 4.77. The van der Waals surface area contributed by atoms with Gasteiger partial charge in [-0.05, 0) is 31.3 Å². The lowest BCUT2D eigenvalue weighted by molar-refractivity contribution is 0.204. The van der Waals surface area contributed by atoms with Crippen LogP contribution in [0, 0.1) is 5.41 Å². The minimum Gasteiger partial charge on any atom is -0.383 e. The first kappa shape index (κ1) is 14.8. The molecule has 1 aliphatic rings. The van der Waals surface area contributed by atoms with Gasteiger partial charge in [0.25, 0.3) is 10.2 Å². The highest BCUT2D eigenvalue weighted by molar-refractivity contribution is 7.87. The van der Waals surface area contributed by atoms with E-state index in [2.05, 4.69) is 21.7 Å². The van der Waals surface area contributed by atoms with Crippen molar-refractivity contribution < 1.29 is 13.2 Å². The van der Waals surface area contributed by atoms with Crippen LogP contribution in [0.25, 0.3) is 0 Å². The molecule has 0 unspecified atom stereocenters. The zero-order valence-electron chi connectivity index (χ0n) is 10.6. The maximum absolute atomic E-state index is 11.6. The van der Waals surface area contributed by atoms with E-state index in [9.17, 15) is 8.42 Å². The van der Waals surface area contributed by atoms with E-state index in [1.807, 2.05) is 0 Å². The summed E-state index contributed by atoms with van der Waals surface area (Å²) in [6, 6.07) is 0. The Morgan fingerprint density at radius 2 is 1.94 bits per heavy atom. The normalized spacial score (nSPS) is 20.4. The zero-order chi connectivity index (χ0) is 12.8. The van der Waals surface area contributed by atoms with Gasteiger partial charge in [-0.15, -0.1) is 0 Å². The van der Waals surface area contributed by atoms with Gasteiger partial charge in [0.2, 0.25) is 0 Å². The summed E-state index contributed by atoms with van der Waals surface area (Å²) < 4.78 is 33.0. The van der Waals surface area contributed by atoms with Crippen molar-refractivity contribution >= 4 is 10.2 Å². The molecule has 6 nitrogen and oxygen atoms in total. The average Bonchev–Trinajstić information content (AvgIpc) is 2.28. The summed E-state index contributed by atoms with van der Waals surface area (Å²) in [5.41, 5.74) is 0.0568. The Morgan fingerprint density at radius 3 is 2.53 bits per heavy atom. The molecule has 1 rings (SSSR count). The standard InChI is InChI=1S/C10H23N3O3S/c1-10(3-5-11-6-4-10)9-13-17(14,15)12-7-8-16-2/h11-13H,3-9H2,1-2H3. The number of ether oxygens (including phenoxy) is 1. The van der Waals surface area contributed by atoms with Crippen LogP contribution in [0.15, 0.2) is 0 Å². The molecule has 0 aromatic heterocycles. The lowest BCUT2D eigenvalue weighted by Crippen LogP contribution is -2.46. The second kappa shape index (κ2) is 6.65. The molecule has 1 saturated heterocycles. The van der Waals surface area contributed by atoms with Gasteiger partial charge >= 0.3 is 0 Å². The molecular formula is C10H23N3O3S. The van der Waals surface area contributed by atoms with Crippen LogP contribution in [0.2, 0.25) is 0 Å². The number of piperidine rings is 1. The van der Waals surface area contributed by atoms with Crippen LogP contribution in [-0.2, 0) is 14.9 Å². The fourth-order valence-corrected chi connectivity index (χ4v) is 2.80. The molecule has 1 heterocycles. The molecule has 0 atom stereocenters. The minimum absolute atomic E-state index is 0.0568. The van der Waals surface area contributed by atoms with E-state index in [0.717, 1.165) is 25.9 Å². The Morgan fingerprint density at radius 1 is 1.29 bits per heavy atom. The van der Waals surface area contributed by atoms with Crippen LogP contribution in [0.3, 0.4) is 0 Å². The summed E-state index contributed by atoms with van der Waals surface area (Å²) in [5.74, 6) is 0. The second-order valence-corrected chi connectivity index (χ2v) is 6.36. The topological polar surface area (TPSA) is 79.5 Å². The maximum Gasteiger partial charge on any atom is 0.277 e. The molecule has 3 N–H and O–H groups in total. The predicted octanol–water partition coefficient (Wildman–Crippen LogP) is -0.553. The molecule has 1 fully saturated rings. The molecule has 0 saturated carbocycles. The van der Waals surface area contributed by atoms with E-state index in [-0.39, 0.29) is 5.41 Å². The molecule has 1 aliphatic heterocycles. The third kappa shape index (κ3) is 5.78. The van der Waals surface area contributed by atoms with Gasteiger partial charge in [-0.2, -0.15) is 13.1 Å². The lowest BCUT2D eigenvalue weighted by atomic mass is 9.81. The van der Waals surface area contributed by atoms with Crippen molar-refractivity contribution in [1.29, 1.82) is 0 Å². The summed E-state index contributed by atoms with van der Waals surface area (Å²) in [6.45, 7) is 5.18. The Kier molecular flexibility index (Phi) is 5.81. The third-order valence-electron chi connectivity index (χ3n) is 3.10. The van der Waals surface area contributed by atoms with Gasteiger partial charge in [0.1, 0.15) is 0 Å². The van der Waals surface area contributed by atoms with Crippen LogP contribution in [0.1, 0.15) is 19.8 Å². The molecular weight excluding hydrogens is 242 g/mol. The molecule has 0 amide bonds. The summed E-state index contributed by atoms with van der Waals surface area (Å²) in [7, 11) is -1.85. The third-order valence-corrected chi connectivity index (χ3v) is 4.21. The van der Waals surface area contributed by atoms with Crippen LogP contribution in [-0.4, -0.2) is 48.3 Å². The summed E-state index contributed by atoms with van der Waals surface area (Å²) in [4.78, 5) is 0. The number of methoxy groups -OCH3 is 1. The van der Waals surface area contributed by atoms with Crippen molar-refractivity contribution in [2.24, 2.45) is 5.41 Å². The van der Waals surface area contributed by atoms with Gasteiger partial charge in [-0.1, -0.05) is 6.92 Å². The molecule has 0 aliphatic carbocycles. The van der Waals surface area contributed by atoms with Crippen LogP contribution in [0.5, 0.6) is 0 Å². The largest absolute Gasteiger partial charge is 0.383 e. The minimum atomic E-state index is -3.39. The van der Waals surface area contributed by atoms with Gasteiger partial charge in [0.05, 0.1) is 6.61 Å². The lowest BCUT2D eigenvalue weighted by Gasteiger charge is -2.34. The van der Waals surface area contributed by atoms with Gasteiger partial charge < -0.3 is 10.1 Å². The van der Waals surface area contributed by atoms with E-state index in [0.29, 0.717) is 19.7 Å². The smallest absolute Gasteiger partial charge is 0.277 e. The number of rotatable bonds is 7. The van der Waals surface area contributed by atoms with E-state index in [1.54, 1.807) is 0 Å². The molecule has 7 heteroatoms. The first-order valence-corrected chi connectivity index (χ1v) is 7.40. The maximum atomic E-state index is 11.6. The van der Waals surface area contributed by atoms with Gasteiger partial charge in [0, 0.05) is 20.2 Å². The van der Waals surface area contributed by atoms with Gasteiger partial charge in [-0.25, -0.2) is 4.72 Å². The molecule has 102 valence electrons. The monoisotopic (exact) mass is 265 g/mol. The van der Waals surface area contributed by atoms with Crippen molar-refractivity contribution in [2.45, 2.75) is 19.8 Å². The summed E-state index contributed by atoms with van der Waals surface area (Å²) >= 11 is 0. The molecule has 17 heavy (non-hydrogen) atoms. The van der Waals surface area contributed by atoms with Crippen LogP contribution >= 0.6 is 0 Å². The Balaban J connectivity index is 2.32. The molecule has 0 aromatic carbocycles. The highest BCUT2D eigenvalue weighted by Crippen LogP contribution is 2.26. The highest BCUT2D eigenvalue weighted by atomic mass is 32.2. The van der Waals surface area contributed by atoms with Crippen molar-refractivity contribution in [3.05, 3.63) is 0 Å². The average molecular weight is 265 g/mol. The predicted molar refractivity (Wildman–Crippen MR) is 67.0 cm³/mol. The first-order valence-electron chi connectivity index (χ1n) is 5.91. The summed E-state index contributed by atoms with van der Waals surface area (Å²) in [6.07, 6.45) is 1.99. The van der Waals surface area contributed by atoms with Crippen LogP contribution < -0.4 is 14.8 Å². The molecule has 0 radical (unpaired) electrons. The van der Waals surface area contributed by atoms with Crippen molar-refractivity contribution in [3.63, 3.8) is 0 Å². The summed E-state index contributed by atoms with van der Waals surface area (Å²) in [5, 5.41) is 3.27. The SMILES string of the molecule is COCCNS(=O)(=O)NCC1(C)CCNCC1.